The van der Waals surface area contributed by atoms with Crippen molar-refractivity contribution in [2.75, 3.05) is 13.1 Å². The number of hydrogen-bond donors (Lipinski definition) is 1. The molecule has 4 heteroatoms. The van der Waals surface area contributed by atoms with Gasteiger partial charge < -0.3 is 5.73 Å². The molecule has 0 amide bonds. The minimum absolute atomic E-state index is 0.352. The smallest absolute Gasteiger partial charge is 0.0759 e. The van der Waals surface area contributed by atoms with Gasteiger partial charge in [0.25, 0.3) is 0 Å². The third kappa shape index (κ3) is 2.16. The molecule has 0 saturated carbocycles. The lowest BCUT2D eigenvalue weighted by molar-refractivity contribution is 0.140. The van der Waals surface area contributed by atoms with Crippen molar-refractivity contribution in [1.82, 2.24) is 14.9 Å². The zero-order valence-electron chi connectivity index (χ0n) is 9.62. The molecule has 1 aliphatic heterocycles. The third-order valence-electron chi connectivity index (χ3n) is 2.94. The van der Waals surface area contributed by atoms with Gasteiger partial charge in [-0.1, -0.05) is 0 Å². The van der Waals surface area contributed by atoms with E-state index in [0.717, 1.165) is 42.4 Å². The first-order chi connectivity index (χ1) is 7.06. The van der Waals surface area contributed by atoms with E-state index in [1.165, 1.54) is 0 Å². The summed E-state index contributed by atoms with van der Waals surface area (Å²) in [5.41, 5.74) is 9.92. The molecule has 0 unspecified atom stereocenters. The van der Waals surface area contributed by atoms with Gasteiger partial charge in [-0.05, 0) is 20.8 Å². The number of likely N-dealkylation sites (tertiary alicyclic amines) is 1. The van der Waals surface area contributed by atoms with Crippen LogP contribution >= 0.6 is 0 Å². The van der Waals surface area contributed by atoms with E-state index in [1.54, 1.807) is 0 Å². The van der Waals surface area contributed by atoms with E-state index in [0.29, 0.717) is 6.04 Å². The van der Waals surface area contributed by atoms with Crippen LogP contribution in [0.1, 0.15) is 22.8 Å². The fourth-order valence-electron chi connectivity index (χ4n) is 1.86. The topological polar surface area (TPSA) is 55.0 Å². The molecule has 0 aromatic carbocycles. The van der Waals surface area contributed by atoms with Crippen LogP contribution in [0.15, 0.2) is 0 Å². The molecule has 4 nitrogen and oxygen atoms in total. The zero-order chi connectivity index (χ0) is 11.0. The molecule has 1 aromatic rings. The van der Waals surface area contributed by atoms with E-state index < -0.39 is 0 Å². The Bertz CT molecular complexity index is 369. The van der Waals surface area contributed by atoms with Gasteiger partial charge in [0.2, 0.25) is 0 Å². The summed E-state index contributed by atoms with van der Waals surface area (Å²) in [4.78, 5) is 11.4. The van der Waals surface area contributed by atoms with E-state index in [2.05, 4.69) is 14.9 Å². The molecule has 1 aromatic heterocycles. The third-order valence-corrected chi connectivity index (χ3v) is 2.94. The van der Waals surface area contributed by atoms with Crippen LogP contribution in [0.4, 0.5) is 0 Å². The van der Waals surface area contributed by atoms with Crippen molar-refractivity contribution >= 4 is 0 Å². The van der Waals surface area contributed by atoms with Crippen LogP contribution in [0.5, 0.6) is 0 Å². The lowest BCUT2D eigenvalue weighted by atomic mass is 10.1. The average molecular weight is 206 g/mol. The molecular formula is C11H18N4. The van der Waals surface area contributed by atoms with E-state index in [1.807, 2.05) is 20.8 Å². The minimum Gasteiger partial charge on any atom is -0.325 e. The SMILES string of the molecule is Cc1nc(C)c(CN2CC(N)C2)nc1C. The van der Waals surface area contributed by atoms with Crippen LogP contribution in [0, 0.1) is 20.8 Å². The maximum absolute atomic E-state index is 5.74. The van der Waals surface area contributed by atoms with Crippen LogP contribution in [0.2, 0.25) is 0 Å². The zero-order valence-corrected chi connectivity index (χ0v) is 9.62. The van der Waals surface area contributed by atoms with Crippen LogP contribution in [0.3, 0.4) is 0 Å². The van der Waals surface area contributed by atoms with E-state index in [9.17, 15) is 0 Å². The fraction of sp³-hybridized carbons (Fsp3) is 0.636. The first-order valence-electron chi connectivity index (χ1n) is 5.35. The van der Waals surface area contributed by atoms with Gasteiger partial charge in [0.05, 0.1) is 22.8 Å². The highest BCUT2D eigenvalue weighted by Crippen LogP contribution is 2.13. The number of aryl methyl sites for hydroxylation is 3. The molecule has 82 valence electrons. The summed E-state index contributed by atoms with van der Waals surface area (Å²) in [5.74, 6) is 0. The largest absolute Gasteiger partial charge is 0.325 e. The molecule has 1 fully saturated rings. The standard InChI is InChI=1S/C11H18N4/c1-7-8(2)14-11(9(3)13-7)6-15-4-10(12)5-15/h10H,4-6,12H2,1-3H3. The molecule has 2 N–H and O–H groups in total. The van der Waals surface area contributed by atoms with Crippen molar-refractivity contribution in [2.24, 2.45) is 5.73 Å². The number of rotatable bonds is 2. The summed E-state index contributed by atoms with van der Waals surface area (Å²) in [6, 6.07) is 0.352. The van der Waals surface area contributed by atoms with Crippen LogP contribution in [0.25, 0.3) is 0 Å². The fourth-order valence-corrected chi connectivity index (χ4v) is 1.86. The summed E-state index contributed by atoms with van der Waals surface area (Å²) in [7, 11) is 0. The lowest BCUT2D eigenvalue weighted by Gasteiger charge is -2.36. The van der Waals surface area contributed by atoms with Gasteiger partial charge in [-0.25, -0.2) is 0 Å². The molecule has 1 aliphatic rings. The van der Waals surface area contributed by atoms with Crippen molar-refractivity contribution in [3.05, 3.63) is 22.8 Å². The predicted molar refractivity (Wildman–Crippen MR) is 59.5 cm³/mol. The summed E-state index contributed by atoms with van der Waals surface area (Å²) < 4.78 is 0. The van der Waals surface area contributed by atoms with Crippen molar-refractivity contribution < 1.29 is 0 Å². The first kappa shape index (κ1) is 10.5. The Balaban J connectivity index is 2.11. The molecule has 2 rings (SSSR count). The van der Waals surface area contributed by atoms with Gasteiger partial charge in [0, 0.05) is 25.7 Å². The normalized spacial score (nSPS) is 17.9. The second-order valence-electron chi connectivity index (χ2n) is 4.38. The molecular weight excluding hydrogens is 188 g/mol. The van der Waals surface area contributed by atoms with Crippen molar-refractivity contribution in [3.8, 4) is 0 Å². The second kappa shape index (κ2) is 3.87. The Kier molecular flexibility index (Phi) is 2.71. The molecule has 0 aliphatic carbocycles. The van der Waals surface area contributed by atoms with E-state index >= 15 is 0 Å². The lowest BCUT2D eigenvalue weighted by Crippen LogP contribution is -2.55. The van der Waals surface area contributed by atoms with E-state index in [4.69, 9.17) is 5.73 Å². The van der Waals surface area contributed by atoms with Gasteiger partial charge in [0.1, 0.15) is 0 Å². The Morgan fingerprint density at radius 1 is 1.13 bits per heavy atom. The summed E-state index contributed by atoms with van der Waals surface area (Å²) >= 11 is 0. The summed E-state index contributed by atoms with van der Waals surface area (Å²) in [5, 5.41) is 0. The molecule has 1 saturated heterocycles. The van der Waals surface area contributed by atoms with Crippen molar-refractivity contribution in [1.29, 1.82) is 0 Å². The quantitative estimate of drug-likeness (QED) is 0.767. The highest BCUT2D eigenvalue weighted by Gasteiger charge is 2.23. The Labute approximate surface area is 90.5 Å². The van der Waals surface area contributed by atoms with E-state index in [-0.39, 0.29) is 0 Å². The second-order valence-corrected chi connectivity index (χ2v) is 4.38. The maximum atomic E-state index is 5.74. The Hall–Kier alpha value is -1.00. The van der Waals surface area contributed by atoms with Gasteiger partial charge in [0.15, 0.2) is 0 Å². The van der Waals surface area contributed by atoms with Crippen LogP contribution < -0.4 is 5.73 Å². The Morgan fingerprint density at radius 2 is 1.73 bits per heavy atom. The molecule has 2 heterocycles. The predicted octanol–water partition coefficient (Wildman–Crippen LogP) is 0.545. The van der Waals surface area contributed by atoms with Gasteiger partial charge in [-0.15, -0.1) is 0 Å². The summed E-state index contributed by atoms with van der Waals surface area (Å²) in [6.45, 7) is 8.87. The van der Waals surface area contributed by atoms with Crippen LogP contribution in [-0.4, -0.2) is 34.0 Å². The molecule has 0 spiro atoms. The van der Waals surface area contributed by atoms with Gasteiger partial charge in [-0.3, -0.25) is 14.9 Å². The van der Waals surface area contributed by atoms with Crippen molar-refractivity contribution in [2.45, 2.75) is 33.4 Å². The monoisotopic (exact) mass is 206 g/mol. The van der Waals surface area contributed by atoms with Gasteiger partial charge >= 0.3 is 0 Å². The molecule has 0 radical (unpaired) electrons. The highest BCUT2D eigenvalue weighted by atomic mass is 15.2. The Morgan fingerprint density at radius 3 is 2.33 bits per heavy atom. The minimum atomic E-state index is 0.352. The van der Waals surface area contributed by atoms with Crippen molar-refractivity contribution in [3.63, 3.8) is 0 Å². The highest BCUT2D eigenvalue weighted by molar-refractivity contribution is 5.18. The number of hydrogen-bond acceptors (Lipinski definition) is 4. The first-order valence-corrected chi connectivity index (χ1v) is 5.35. The summed E-state index contributed by atoms with van der Waals surface area (Å²) in [6.07, 6.45) is 0. The number of aromatic nitrogens is 2. The molecule has 0 atom stereocenters. The molecule has 15 heavy (non-hydrogen) atoms. The average Bonchev–Trinajstić information content (AvgIpc) is 2.11. The maximum Gasteiger partial charge on any atom is 0.0759 e. The number of nitrogens with zero attached hydrogens (tertiary/aromatic N) is 3. The molecule has 0 bridgehead atoms. The van der Waals surface area contributed by atoms with Crippen LogP contribution in [-0.2, 0) is 6.54 Å². The van der Waals surface area contributed by atoms with Gasteiger partial charge in [-0.2, -0.15) is 0 Å². The number of nitrogens with two attached hydrogens (primary N) is 1.